The fourth-order valence-electron chi connectivity index (χ4n) is 3.01. The van der Waals surface area contributed by atoms with Crippen LogP contribution in [0.1, 0.15) is 31.3 Å². The van der Waals surface area contributed by atoms with E-state index in [1.807, 2.05) is 19.0 Å². The number of halogens is 2. The van der Waals surface area contributed by atoms with Crippen molar-refractivity contribution >= 4 is 35.0 Å². The monoisotopic (exact) mass is 472 g/mol. The largest absolute Gasteiger partial charge is 0.364 e. The van der Waals surface area contributed by atoms with E-state index in [-0.39, 0.29) is 33.3 Å². The van der Waals surface area contributed by atoms with Crippen LogP contribution < -0.4 is 16.4 Å². The van der Waals surface area contributed by atoms with Gasteiger partial charge >= 0.3 is 0 Å². The van der Waals surface area contributed by atoms with Crippen LogP contribution in [-0.4, -0.2) is 59.4 Å². The van der Waals surface area contributed by atoms with Crippen molar-refractivity contribution in [3.63, 3.8) is 0 Å². The van der Waals surface area contributed by atoms with Crippen LogP contribution in [-0.2, 0) is 0 Å². The summed E-state index contributed by atoms with van der Waals surface area (Å²) in [6.07, 6.45) is 1.21. The third-order valence-corrected chi connectivity index (χ3v) is 4.99. The molecule has 0 aliphatic heterocycles. The molecule has 0 atom stereocenters. The Morgan fingerprint density at radius 1 is 1.15 bits per heavy atom. The van der Waals surface area contributed by atoms with Gasteiger partial charge in [-0.3, -0.25) is 19.0 Å². The van der Waals surface area contributed by atoms with Crippen molar-refractivity contribution < 1.29 is 18.8 Å². The molecular formula is C22H22ClFN6O3. The number of nitrogens with one attached hydrogen (secondary N) is 2. The van der Waals surface area contributed by atoms with Crippen LogP contribution in [0.4, 0.5) is 10.1 Å². The van der Waals surface area contributed by atoms with Crippen LogP contribution in [0.5, 0.6) is 0 Å². The zero-order chi connectivity index (χ0) is 24.1. The molecule has 172 valence electrons. The molecule has 11 heteroatoms. The van der Waals surface area contributed by atoms with Crippen molar-refractivity contribution in [3.8, 4) is 5.69 Å². The lowest BCUT2D eigenvalue weighted by atomic mass is 10.2. The summed E-state index contributed by atoms with van der Waals surface area (Å²) in [5.41, 5.74) is 5.41. The van der Waals surface area contributed by atoms with E-state index in [0.717, 1.165) is 6.07 Å². The number of nitrogens with zero attached hydrogens (tertiary/aromatic N) is 3. The van der Waals surface area contributed by atoms with E-state index in [4.69, 9.17) is 17.3 Å². The normalized spacial score (nSPS) is 10.8. The standard InChI is InChI=1S/C22H22ClFN6O3/c1-29(2)10-9-26-22(33)18-19(20(25)31)30(12-27-18)13-7-8-17(16(24)11-13)28-21(32)14-5-3-4-6-15(14)23/h3-8,11-12H,9-10H2,1-2H3,(H2,25,31)(H,26,33)(H,28,32). The lowest BCUT2D eigenvalue weighted by molar-refractivity contribution is 0.0928. The number of carbonyl (C=O) groups is 3. The Hall–Kier alpha value is -3.76. The molecule has 2 aromatic carbocycles. The molecule has 0 spiro atoms. The minimum absolute atomic E-state index is 0.0916. The van der Waals surface area contributed by atoms with E-state index in [1.165, 1.54) is 29.1 Å². The van der Waals surface area contributed by atoms with Gasteiger partial charge in [0.05, 0.1) is 22.0 Å². The minimum Gasteiger partial charge on any atom is -0.364 e. The van der Waals surface area contributed by atoms with Crippen molar-refractivity contribution in [2.24, 2.45) is 5.73 Å². The van der Waals surface area contributed by atoms with Gasteiger partial charge in [-0.15, -0.1) is 0 Å². The second kappa shape index (κ2) is 10.2. The van der Waals surface area contributed by atoms with E-state index < -0.39 is 23.5 Å². The minimum atomic E-state index is -0.901. The second-order valence-corrected chi connectivity index (χ2v) is 7.74. The highest BCUT2D eigenvalue weighted by molar-refractivity contribution is 6.34. The lowest BCUT2D eigenvalue weighted by Gasteiger charge is -2.12. The summed E-state index contributed by atoms with van der Waals surface area (Å²) in [6, 6.07) is 10.2. The van der Waals surface area contributed by atoms with Crippen LogP contribution in [0, 0.1) is 5.82 Å². The van der Waals surface area contributed by atoms with E-state index in [9.17, 15) is 18.8 Å². The second-order valence-electron chi connectivity index (χ2n) is 7.33. The molecule has 9 nitrogen and oxygen atoms in total. The Bertz CT molecular complexity index is 1210. The molecule has 0 saturated carbocycles. The fourth-order valence-corrected chi connectivity index (χ4v) is 3.23. The summed E-state index contributed by atoms with van der Waals surface area (Å²) >= 11 is 6.01. The zero-order valence-electron chi connectivity index (χ0n) is 17.9. The first-order valence-electron chi connectivity index (χ1n) is 9.85. The maximum atomic E-state index is 14.8. The van der Waals surface area contributed by atoms with Gasteiger partial charge in [-0.25, -0.2) is 9.37 Å². The van der Waals surface area contributed by atoms with Gasteiger partial charge in [-0.1, -0.05) is 23.7 Å². The van der Waals surface area contributed by atoms with Gasteiger partial charge in [0.25, 0.3) is 17.7 Å². The third kappa shape index (κ3) is 5.54. The molecule has 0 unspecified atom stereocenters. The molecule has 0 saturated heterocycles. The van der Waals surface area contributed by atoms with Crippen LogP contribution in [0.15, 0.2) is 48.8 Å². The average Bonchev–Trinajstić information content (AvgIpc) is 3.20. The molecule has 3 amide bonds. The highest BCUT2D eigenvalue weighted by Crippen LogP contribution is 2.23. The molecule has 0 bridgehead atoms. The number of likely N-dealkylation sites (N-methyl/N-ethyl adjacent to an activating group) is 1. The molecule has 33 heavy (non-hydrogen) atoms. The van der Waals surface area contributed by atoms with E-state index in [1.54, 1.807) is 18.2 Å². The number of aromatic nitrogens is 2. The summed E-state index contributed by atoms with van der Waals surface area (Å²) in [5, 5.41) is 5.34. The van der Waals surface area contributed by atoms with Crippen LogP contribution in [0.25, 0.3) is 5.69 Å². The Morgan fingerprint density at radius 3 is 2.52 bits per heavy atom. The van der Waals surface area contributed by atoms with Crippen molar-refractivity contribution in [1.29, 1.82) is 0 Å². The number of anilines is 1. The maximum absolute atomic E-state index is 14.8. The van der Waals surface area contributed by atoms with Crippen molar-refractivity contribution in [1.82, 2.24) is 19.8 Å². The SMILES string of the molecule is CN(C)CCNC(=O)c1ncn(-c2ccc(NC(=O)c3ccccc3Cl)c(F)c2)c1C(N)=O. The number of hydrogen-bond donors (Lipinski definition) is 3. The van der Waals surface area contributed by atoms with Crippen LogP contribution >= 0.6 is 11.6 Å². The molecular weight excluding hydrogens is 451 g/mol. The van der Waals surface area contributed by atoms with Gasteiger partial charge in [0, 0.05) is 19.2 Å². The Balaban J connectivity index is 1.85. The lowest BCUT2D eigenvalue weighted by Crippen LogP contribution is -2.33. The van der Waals surface area contributed by atoms with E-state index >= 15 is 0 Å². The molecule has 1 heterocycles. The first-order valence-corrected chi connectivity index (χ1v) is 10.2. The van der Waals surface area contributed by atoms with Gasteiger partial charge < -0.3 is 21.3 Å². The zero-order valence-corrected chi connectivity index (χ0v) is 18.7. The number of imidazole rings is 1. The summed E-state index contributed by atoms with van der Waals surface area (Å²) < 4.78 is 16.0. The first kappa shape index (κ1) is 23.9. The van der Waals surface area contributed by atoms with Crippen LogP contribution in [0.2, 0.25) is 5.02 Å². The van der Waals surface area contributed by atoms with Gasteiger partial charge in [-0.2, -0.15) is 0 Å². The molecule has 4 N–H and O–H groups in total. The van der Waals surface area contributed by atoms with Gasteiger partial charge in [-0.05, 0) is 38.4 Å². The number of nitrogens with two attached hydrogens (primary N) is 1. The molecule has 0 aliphatic rings. The predicted molar refractivity (Wildman–Crippen MR) is 122 cm³/mol. The third-order valence-electron chi connectivity index (χ3n) is 4.66. The Morgan fingerprint density at radius 2 is 1.88 bits per heavy atom. The Kier molecular flexibility index (Phi) is 7.41. The summed E-state index contributed by atoms with van der Waals surface area (Å²) in [7, 11) is 3.70. The van der Waals surface area contributed by atoms with Crippen LogP contribution in [0.3, 0.4) is 0 Å². The number of benzene rings is 2. The summed E-state index contributed by atoms with van der Waals surface area (Å²) in [4.78, 5) is 42.8. The Labute approximate surface area is 194 Å². The van der Waals surface area contributed by atoms with Crippen molar-refractivity contribution in [2.45, 2.75) is 0 Å². The van der Waals surface area contributed by atoms with Gasteiger partial charge in [0.1, 0.15) is 17.8 Å². The maximum Gasteiger partial charge on any atom is 0.272 e. The molecule has 1 aromatic heterocycles. The topological polar surface area (TPSA) is 122 Å². The van der Waals surface area contributed by atoms with Gasteiger partial charge in [0.2, 0.25) is 0 Å². The van der Waals surface area contributed by atoms with Gasteiger partial charge in [0.15, 0.2) is 5.69 Å². The quantitative estimate of drug-likeness (QED) is 0.464. The summed E-state index contributed by atoms with van der Waals surface area (Å²) in [5.74, 6) is -2.83. The fraction of sp³-hybridized carbons (Fsp3) is 0.182. The van der Waals surface area contributed by atoms with Crippen molar-refractivity contribution in [2.75, 3.05) is 32.5 Å². The highest BCUT2D eigenvalue weighted by Gasteiger charge is 2.23. The highest BCUT2D eigenvalue weighted by atomic mass is 35.5. The molecule has 0 fully saturated rings. The summed E-state index contributed by atoms with van der Waals surface area (Å²) in [6.45, 7) is 0.927. The predicted octanol–water partition coefficient (Wildman–Crippen LogP) is 2.31. The number of primary amides is 1. The molecule has 3 aromatic rings. The van der Waals surface area contributed by atoms with Crippen molar-refractivity contribution in [3.05, 3.63) is 76.6 Å². The number of hydrogen-bond acceptors (Lipinski definition) is 5. The smallest absolute Gasteiger partial charge is 0.272 e. The van der Waals surface area contributed by atoms with E-state index in [0.29, 0.717) is 13.1 Å². The van der Waals surface area contributed by atoms with E-state index in [2.05, 4.69) is 15.6 Å². The molecule has 0 radical (unpaired) electrons. The molecule has 3 rings (SSSR count). The average molecular weight is 473 g/mol. The number of rotatable bonds is 8. The number of carbonyl (C=O) groups excluding carboxylic acids is 3. The number of amides is 3. The molecule has 0 aliphatic carbocycles. The first-order chi connectivity index (χ1) is 15.7.